The van der Waals surface area contributed by atoms with Crippen molar-refractivity contribution in [2.45, 2.75) is 38.6 Å². The average molecular weight is 344 g/mol. The number of hydrogen-bond acceptors (Lipinski definition) is 3. The molecule has 1 aromatic carbocycles. The minimum absolute atomic E-state index is 0.0735. The van der Waals surface area contributed by atoms with Crippen LogP contribution in [-0.4, -0.2) is 30.7 Å². The molecule has 2 rings (SSSR count). The number of aldehydes is 1. The van der Waals surface area contributed by atoms with Gasteiger partial charge in [-0.1, -0.05) is 0 Å². The zero-order valence-electron chi connectivity index (χ0n) is 13.3. The number of alkyl halides is 3. The summed E-state index contributed by atoms with van der Waals surface area (Å²) in [5.74, 6) is 0. The molecule has 0 spiro atoms. The molecule has 8 heteroatoms. The Kier molecular flexibility index (Phi) is 4.95. The predicted molar refractivity (Wildman–Crippen MR) is 84.2 cm³/mol. The van der Waals surface area contributed by atoms with Crippen LogP contribution in [0, 0.1) is 0 Å². The molecule has 4 nitrogen and oxygen atoms in total. The van der Waals surface area contributed by atoms with Crippen molar-refractivity contribution in [3.05, 3.63) is 29.5 Å². The van der Waals surface area contributed by atoms with Gasteiger partial charge in [0, 0.05) is 23.8 Å². The van der Waals surface area contributed by atoms with Gasteiger partial charge in [0.05, 0.1) is 5.56 Å². The second kappa shape index (κ2) is 6.44. The summed E-state index contributed by atoms with van der Waals surface area (Å²) in [7, 11) is -1.20. The number of aromatic nitrogens is 2. The van der Waals surface area contributed by atoms with Gasteiger partial charge < -0.3 is 4.74 Å². The zero-order chi connectivity index (χ0) is 17.3. The summed E-state index contributed by atoms with van der Waals surface area (Å²) in [5.41, 5.74) is -0.677. The van der Waals surface area contributed by atoms with E-state index in [0.717, 1.165) is 18.2 Å². The number of hydrogen-bond donors (Lipinski definition) is 0. The maximum absolute atomic E-state index is 12.8. The van der Waals surface area contributed by atoms with Gasteiger partial charge in [0.1, 0.15) is 12.2 Å². The summed E-state index contributed by atoms with van der Waals surface area (Å²) in [5, 5.41) is 4.42. The Morgan fingerprint density at radius 2 is 2.00 bits per heavy atom. The van der Waals surface area contributed by atoms with Gasteiger partial charge in [0.15, 0.2) is 6.29 Å². The van der Waals surface area contributed by atoms with Crippen LogP contribution in [0.2, 0.25) is 25.7 Å². The number of carbonyl (C=O) groups is 1. The van der Waals surface area contributed by atoms with E-state index >= 15 is 0 Å². The molecule has 1 aromatic heterocycles. The topological polar surface area (TPSA) is 44.1 Å². The first-order valence-electron chi connectivity index (χ1n) is 7.21. The van der Waals surface area contributed by atoms with Gasteiger partial charge in [0.2, 0.25) is 0 Å². The van der Waals surface area contributed by atoms with Gasteiger partial charge >= 0.3 is 6.18 Å². The van der Waals surface area contributed by atoms with Crippen LogP contribution in [-0.2, 0) is 17.6 Å². The van der Waals surface area contributed by atoms with E-state index in [1.165, 1.54) is 10.9 Å². The molecule has 0 aliphatic rings. The highest BCUT2D eigenvalue weighted by molar-refractivity contribution is 6.76. The highest BCUT2D eigenvalue weighted by Crippen LogP contribution is 2.32. The lowest BCUT2D eigenvalue weighted by atomic mass is 10.1. The number of nitrogens with zero attached hydrogens (tertiary/aromatic N) is 2. The van der Waals surface area contributed by atoms with Crippen LogP contribution in [0.1, 0.15) is 15.9 Å². The third-order valence-electron chi connectivity index (χ3n) is 3.36. The number of ether oxygens (including phenoxy) is 1. The molecule has 0 amide bonds. The Hall–Kier alpha value is -1.67. The second-order valence-corrected chi connectivity index (χ2v) is 12.3. The fourth-order valence-electron chi connectivity index (χ4n) is 2.07. The van der Waals surface area contributed by atoms with Gasteiger partial charge in [-0.15, -0.1) is 14.1 Å². The van der Waals surface area contributed by atoms with Gasteiger partial charge in [-0.2, -0.15) is 37.9 Å². The van der Waals surface area contributed by atoms with Crippen LogP contribution >= 0.6 is 0 Å². The molecule has 0 saturated heterocycles. The Labute approximate surface area is 133 Å². The number of rotatable bonds is 6. The average Bonchev–Trinajstić information content (AvgIpc) is 2.83. The lowest BCUT2D eigenvalue weighted by molar-refractivity contribution is -0.137. The highest BCUT2D eigenvalue weighted by atomic mass is 28.3. The Bertz CT molecular complexity index is 705. The van der Waals surface area contributed by atoms with Crippen molar-refractivity contribution >= 4 is 25.3 Å². The van der Waals surface area contributed by atoms with E-state index in [1.807, 2.05) is 0 Å². The van der Waals surface area contributed by atoms with Crippen molar-refractivity contribution in [3.8, 4) is 0 Å². The van der Waals surface area contributed by atoms with Crippen molar-refractivity contribution in [1.82, 2.24) is 9.78 Å². The van der Waals surface area contributed by atoms with E-state index in [4.69, 9.17) is 4.74 Å². The van der Waals surface area contributed by atoms with E-state index in [0.29, 0.717) is 12.9 Å². The lowest BCUT2D eigenvalue weighted by Crippen LogP contribution is -2.22. The number of benzene rings is 1. The molecular weight excluding hydrogens is 325 g/mol. The van der Waals surface area contributed by atoms with Crippen LogP contribution in [0.3, 0.4) is 0 Å². The normalized spacial score (nSPS) is 12.8. The number of halogens is 3. The summed E-state index contributed by atoms with van der Waals surface area (Å²) >= 11 is 0. The Morgan fingerprint density at radius 1 is 1.30 bits per heavy atom. The molecule has 0 unspecified atom stereocenters. The summed E-state index contributed by atoms with van der Waals surface area (Å²) in [4.78, 5) is 11.0. The van der Waals surface area contributed by atoms with Crippen molar-refractivity contribution in [1.29, 1.82) is 0 Å². The summed E-state index contributed by atoms with van der Waals surface area (Å²) in [6, 6.07) is 2.80. The minimum Gasteiger partial charge on any atom is -0.362 e. The molecule has 0 saturated carbocycles. The smallest absolute Gasteiger partial charge is 0.362 e. The Balaban J connectivity index is 2.19. The maximum Gasteiger partial charge on any atom is 0.416 e. The monoisotopic (exact) mass is 344 g/mol. The van der Waals surface area contributed by atoms with Crippen LogP contribution in [0.5, 0.6) is 0 Å². The van der Waals surface area contributed by atoms with E-state index in [-0.39, 0.29) is 23.2 Å². The third kappa shape index (κ3) is 4.65. The molecule has 0 aliphatic heterocycles. The van der Waals surface area contributed by atoms with Crippen LogP contribution in [0.15, 0.2) is 18.3 Å². The van der Waals surface area contributed by atoms with Crippen LogP contribution in [0.4, 0.5) is 13.2 Å². The molecule has 0 fully saturated rings. The quantitative estimate of drug-likeness (QED) is 0.449. The van der Waals surface area contributed by atoms with E-state index in [1.54, 1.807) is 0 Å². The van der Waals surface area contributed by atoms with Crippen LogP contribution in [0.25, 0.3) is 10.9 Å². The van der Waals surface area contributed by atoms with Gasteiger partial charge in [-0.05, 0) is 12.1 Å². The molecule has 23 heavy (non-hydrogen) atoms. The summed E-state index contributed by atoms with van der Waals surface area (Å²) < 4.78 is 45.4. The number of fused-ring (bicyclic) bond motifs is 1. The van der Waals surface area contributed by atoms with E-state index in [9.17, 15) is 18.0 Å². The van der Waals surface area contributed by atoms with Crippen molar-refractivity contribution in [3.63, 3.8) is 0 Å². The summed E-state index contributed by atoms with van der Waals surface area (Å²) in [6.07, 6.45) is -2.64. The minimum atomic E-state index is -4.50. The SMILES string of the molecule is C[Si-](C)(C)CCOCn1cc2cc(C(F)(F)F)cc(C=O)c2n1. The fraction of sp³-hybridized carbons (Fsp3) is 0.467. The van der Waals surface area contributed by atoms with Crippen molar-refractivity contribution in [2.75, 3.05) is 6.61 Å². The molecule has 0 aliphatic carbocycles. The first-order valence-corrected chi connectivity index (χ1v) is 10.9. The van der Waals surface area contributed by atoms with Crippen LogP contribution < -0.4 is 0 Å². The molecule has 0 radical (unpaired) electrons. The molecule has 0 bridgehead atoms. The number of carbonyl (C=O) groups excluding carboxylic acids is 1. The predicted octanol–water partition coefficient (Wildman–Crippen LogP) is 4.18. The standard InChI is InChI=1S/C15H19F3N2O2Si/c1-23(2,3)5-4-22-10-20-8-11-6-13(15(16,17)18)7-12(9-21)14(11)19-20/h6-9H,4-5,10H2,1-3H3/q-1. The van der Waals surface area contributed by atoms with Gasteiger partial charge in [-0.3, -0.25) is 4.79 Å². The lowest BCUT2D eigenvalue weighted by Gasteiger charge is -2.26. The molecule has 0 N–H and O–H groups in total. The molecule has 1 heterocycles. The molecule has 2 aromatic rings. The first-order chi connectivity index (χ1) is 10.6. The molecule has 0 atom stereocenters. The zero-order valence-corrected chi connectivity index (χ0v) is 14.3. The largest absolute Gasteiger partial charge is 0.416 e. The van der Waals surface area contributed by atoms with Crippen molar-refractivity contribution < 1.29 is 22.7 Å². The first kappa shape index (κ1) is 17.7. The fourth-order valence-corrected chi connectivity index (χ4v) is 2.82. The Morgan fingerprint density at radius 3 is 2.57 bits per heavy atom. The van der Waals surface area contributed by atoms with E-state index in [2.05, 4.69) is 24.7 Å². The summed E-state index contributed by atoms with van der Waals surface area (Å²) in [6.45, 7) is 7.42. The van der Waals surface area contributed by atoms with Gasteiger partial charge in [-0.25, -0.2) is 4.68 Å². The van der Waals surface area contributed by atoms with Gasteiger partial charge in [0.25, 0.3) is 0 Å². The highest BCUT2D eigenvalue weighted by Gasteiger charge is 2.31. The second-order valence-electron chi connectivity index (χ2n) is 6.64. The maximum atomic E-state index is 12.8. The third-order valence-corrected chi connectivity index (χ3v) is 5.06. The van der Waals surface area contributed by atoms with E-state index < -0.39 is 19.8 Å². The molecule has 127 valence electrons. The van der Waals surface area contributed by atoms with Crippen molar-refractivity contribution in [2.24, 2.45) is 0 Å². The molecular formula is C15H19F3N2O2Si-.